The number of imidazole rings is 1. The summed E-state index contributed by atoms with van der Waals surface area (Å²) in [5.41, 5.74) is 2.53. The Labute approximate surface area is 112 Å². The van der Waals surface area contributed by atoms with Crippen molar-refractivity contribution >= 4 is 16.6 Å². The average molecular weight is 249 g/mol. The normalized spacial score (nSPS) is 19.5. The standard InChI is InChI=1S/C16H15N3/c17-11-13(10-12-6-2-1-3-7-12)16-18-14-8-4-5-9-15(14)19-16/h1-2,4-5,8-10,12H,3,6-7H2,(H,18,19). The van der Waals surface area contributed by atoms with E-state index >= 15 is 0 Å². The van der Waals surface area contributed by atoms with Crippen LogP contribution >= 0.6 is 0 Å². The predicted molar refractivity (Wildman–Crippen MR) is 76.2 cm³/mol. The van der Waals surface area contributed by atoms with Gasteiger partial charge in [0.15, 0.2) is 0 Å². The van der Waals surface area contributed by atoms with Crippen molar-refractivity contribution in [3.05, 3.63) is 48.3 Å². The summed E-state index contributed by atoms with van der Waals surface area (Å²) < 4.78 is 0. The van der Waals surface area contributed by atoms with Crippen molar-refractivity contribution in [1.29, 1.82) is 5.26 Å². The van der Waals surface area contributed by atoms with Gasteiger partial charge in [-0.2, -0.15) is 5.26 Å². The quantitative estimate of drug-likeness (QED) is 0.649. The Balaban J connectivity index is 1.95. The summed E-state index contributed by atoms with van der Waals surface area (Å²) in [4.78, 5) is 7.70. The molecule has 1 aromatic heterocycles. The molecule has 3 heteroatoms. The minimum atomic E-state index is 0.452. The molecule has 1 heterocycles. The molecule has 0 saturated heterocycles. The number of hydrogen-bond acceptors (Lipinski definition) is 2. The number of fused-ring (bicyclic) bond motifs is 1. The molecule has 2 aromatic rings. The second kappa shape index (κ2) is 5.11. The van der Waals surface area contributed by atoms with Gasteiger partial charge in [0.05, 0.1) is 16.6 Å². The Hall–Kier alpha value is -2.34. The number of allylic oxidation sites excluding steroid dienone is 4. The van der Waals surface area contributed by atoms with E-state index < -0.39 is 0 Å². The van der Waals surface area contributed by atoms with Crippen molar-refractivity contribution < 1.29 is 0 Å². The summed E-state index contributed by atoms with van der Waals surface area (Å²) in [6, 6.07) is 10.1. The largest absolute Gasteiger partial charge is 0.337 e. The van der Waals surface area contributed by atoms with Gasteiger partial charge in [0.1, 0.15) is 11.9 Å². The van der Waals surface area contributed by atoms with E-state index in [0.717, 1.165) is 30.3 Å². The molecule has 3 rings (SSSR count). The van der Waals surface area contributed by atoms with Gasteiger partial charge < -0.3 is 4.98 Å². The van der Waals surface area contributed by atoms with Crippen LogP contribution in [0, 0.1) is 17.2 Å². The van der Waals surface area contributed by atoms with Gasteiger partial charge in [-0.05, 0) is 37.3 Å². The molecule has 1 unspecified atom stereocenters. The Kier molecular flexibility index (Phi) is 3.16. The zero-order chi connectivity index (χ0) is 13.1. The van der Waals surface area contributed by atoms with E-state index in [9.17, 15) is 5.26 Å². The lowest BCUT2D eigenvalue weighted by Gasteiger charge is -2.13. The number of para-hydroxylation sites is 2. The first-order valence-corrected chi connectivity index (χ1v) is 6.59. The molecule has 19 heavy (non-hydrogen) atoms. The zero-order valence-electron chi connectivity index (χ0n) is 10.6. The molecular formula is C16H15N3. The van der Waals surface area contributed by atoms with Crippen molar-refractivity contribution in [2.24, 2.45) is 5.92 Å². The Morgan fingerprint density at radius 2 is 2.26 bits per heavy atom. The number of nitriles is 1. The second-order valence-electron chi connectivity index (χ2n) is 4.84. The number of aromatic nitrogens is 2. The highest BCUT2D eigenvalue weighted by Gasteiger charge is 2.12. The van der Waals surface area contributed by atoms with Gasteiger partial charge in [0.2, 0.25) is 0 Å². The molecule has 0 bridgehead atoms. The number of hydrogen-bond donors (Lipinski definition) is 1. The van der Waals surface area contributed by atoms with Crippen LogP contribution in [-0.4, -0.2) is 9.97 Å². The lowest BCUT2D eigenvalue weighted by molar-refractivity contribution is 0.585. The molecule has 1 aliphatic carbocycles. The van der Waals surface area contributed by atoms with E-state index in [1.54, 1.807) is 0 Å². The SMILES string of the molecule is N#CC(=CC1CC=CCC1)c1nc2ccccc2[nH]1. The Morgan fingerprint density at radius 3 is 3.00 bits per heavy atom. The van der Waals surface area contributed by atoms with Crippen LogP contribution in [-0.2, 0) is 0 Å². The maximum absolute atomic E-state index is 9.34. The number of aromatic amines is 1. The minimum absolute atomic E-state index is 0.452. The van der Waals surface area contributed by atoms with Gasteiger partial charge in [0, 0.05) is 0 Å². The fourth-order valence-electron chi connectivity index (χ4n) is 2.45. The van der Waals surface area contributed by atoms with Gasteiger partial charge in [-0.25, -0.2) is 4.98 Å². The predicted octanol–water partition coefficient (Wildman–Crippen LogP) is 3.83. The first-order chi connectivity index (χ1) is 9.36. The van der Waals surface area contributed by atoms with E-state index in [1.165, 1.54) is 0 Å². The van der Waals surface area contributed by atoms with Gasteiger partial charge in [-0.1, -0.05) is 30.4 Å². The van der Waals surface area contributed by atoms with Crippen molar-refractivity contribution in [3.63, 3.8) is 0 Å². The van der Waals surface area contributed by atoms with Crippen LogP contribution < -0.4 is 0 Å². The fraction of sp³-hybridized carbons (Fsp3) is 0.250. The smallest absolute Gasteiger partial charge is 0.148 e. The molecule has 0 aliphatic heterocycles. The van der Waals surface area contributed by atoms with Crippen LogP contribution in [0.5, 0.6) is 0 Å². The van der Waals surface area contributed by atoms with Crippen molar-refractivity contribution in [2.75, 3.05) is 0 Å². The minimum Gasteiger partial charge on any atom is -0.337 e. The third-order valence-electron chi connectivity index (χ3n) is 3.48. The van der Waals surface area contributed by atoms with Gasteiger partial charge in [-0.3, -0.25) is 0 Å². The molecule has 1 aromatic carbocycles. The van der Waals surface area contributed by atoms with Crippen molar-refractivity contribution in [2.45, 2.75) is 19.3 Å². The fourth-order valence-corrected chi connectivity index (χ4v) is 2.45. The van der Waals surface area contributed by atoms with E-state index in [-0.39, 0.29) is 0 Å². The van der Waals surface area contributed by atoms with E-state index in [2.05, 4.69) is 34.3 Å². The number of rotatable bonds is 2. The van der Waals surface area contributed by atoms with Crippen LogP contribution in [0.25, 0.3) is 16.6 Å². The molecule has 1 atom stereocenters. The molecular weight excluding hydrogens is 234 g/mol. The molecule has 0 radical (unpaired) electrons. The molecule has 1 N–H and O–H groups in total. The van der Waals surface area contributed by atoms with Crippen LogP contribution in [0.15, 0.2) is 42.5 Å². The van der Waals surface area contributed by atoms with E-state index in [0.29, 0.717) is 17.3 Å². The molecule has 0 amide bonds. The lowest BCUT2D eigenvalue weighted by atomic mass is 9.92. The summed E-state index contributed by atoms with van der Waals surface area (Å²) in [7, 11) is 0. The number of nitrogens with zero attached hydrogens (tertiary/aromatic N) is 2. The third-order valence-corrected chi connectivity index (χ3v) is 3.48. The summed E-state index contributed by atoms with van der Waals surface area (Å²) in [6.07, 6.45) is 9.68. The maximum Gasteiger partial charge on any atom is 0.148 e. The monoisotopic (exact) mass is 249 g/mol. The zero-order valence-corrected chi connectivity index (χ0v) is 10.6. The van der Waals surface area contributed by atoms with Crippen molar-refractivity contribution in [1.82, 2.24) is 9.97 Å². The van der Waals surface area contributed by atoms with Crippen LogP contribution in [0.4, 0.5) is 0 Å². The average Bonchev–Trinajstić information content (AvgIpc) is 2.89. The Bertz CT molecular complexity index is 652. The molecule has 0 saturated carbocycles. The summed E-state index contributed by atoms with van der Waals surface area (Å²) >= 11 is 0. The highest BCUT2D eigenvalue weighted by atomic mass is 14.9. The highest BCUT2D eigenvalue weighted by molar-refractivity contribution is 5.82. The van der Waals surface area contributed by atoms with E-state index in [4.69, 9.17) is 0 Å². The molecule has 3 nitrogen and oxygen atoms in total. The van der Waals surface area contributed by atoms with Crippen LogP contribution in [0.1, 0.15) is 25.1 Å². The first-order valence-electron chi connectivity index (χ1n) is 6.59. The number of benzene rings is 1. The summed E-state index contributed by atoms with van der Waals surface area (Å²) in [5.74, 6) is 1.13. The summed E-state index contributed by atoms with van der Waals surface area (Å²) in [6.45, 7) is 0. The molecule has 0 fully saturated rings. The van der Waals surface area contributed by atoms with Gasteiger partial charge in [-0.15, -0.1) is 0 Å². The first kappa shape index (κ1) is 11.7. The topological polar surface area (TPSA) is 52.5 Å². The van der Waals surface area contributed by atoms with E-state index in [1.807, 2.05) is 24.3 Å². The maximum atomic E-state index is 9.34. The second-order valence-corrected chi connectivity index (χ2v) is 4.84. The number of nitrogens with one attached hydrogen (secondary N) is 1. The summed E-state index contributed by atoms with van der Waals surface area (Å²) in [5, 5.41) is 9.34. The molecule has 0 spiro atoms. The van der Waals surface area contributed by atoms with Crippen molar-refractivity contribution in [3.8, 4) is 6.07 Å². The lowest BCUT2D eigenvalue weighted by Crippen LogP contribution is -2.00. The van der Waals surface area contributed by atoms with Gasteiger partial charge in [0.25, 0.3) is 0 Å². The van der Waals surface area contributed by atoms with Gasteiger partial charge >= 0.3 is 0 Å². The Morgan fingerprint density at radius 1 is 1.37 bits per heavy atom. The van der Waals surface area contributed by atoms with Crippen LogP contribution in [0.2, 0.25) is 0 Å². The highest BCUT2D eigenvalue weighted by Crippen LogP contribution is 2.24. The van der Waals surface area contributed by atoms with Crippen LogP contribution in [0.3, 0.4) is 0 Å². The third kappa shape index (κ3) is 2.43. The number of H-pyrrole nitrogens is 1. The molecule has 94 valence electrons. The molecule has 1 aliphatic rings.